The van der Waals surface area contributed by atoms with Gasteiger partial charge in [0.2, 0.25) is 0 Å². The van der Waals surface area contributed by atoms with E-state index in [0.29, 0.717) is 16.9 Å². The zero-order valence-corrected chi connectivity index (χ0v) is 19.1. The van der Waals surface area contributed by atoms with Crippen LogP contribution in [0, 0.1) is 5.41 Å². The maximum Gasteiger partial charge on any atom is 0.0271 e. The molecule has 24 heavy (non-hydrogen) atoms. The molecule has 0 spiro atoms. The third kappa shape index (κ3) is 6.33. The summed E-state index contributed by atoms with van der Waals surface area (Å²) in [6, 6.07) is 9.45. The Labute approximate surface area is 164 Å². The van der Waals surface area contributed by atoms with Gasteiger partial charge in [-0.1, -0.05) is 88.4 Å². The SMILES string of the molecule is CCC(CC(C)(C)C)c1ccc(CN(CC)C(C)(CC)CI)cc1. The Morgan fingerprint density at radius 2 is 1.58 bits per heavy atom. The fraction of sp³-hybridized carbons (Fsp3) is 0.727. The Bertz CT molecular complexity index is 468. The summed E-state index contributed by atoms with van der Waals surface area (Å²) in [5, 5.41) is 0. The Hall–Kier alpha value is -0.0900. The van der Waals surface area contributed by atoms with Crippen molar-refractivity contribution in [3.63, 3.8) is 0 Å². The third-order valence-corrected chi connectivity index (χ3v) is 7.01. The molecule has 1 rings (SSSR count). The van der Waals surface area contributed by atoms with E-state index in [2.05, 4.69) is 100 Å². The van der Waals surface area contributed by atoms with Gasteiger partial charge in [-0.05, 0) is 55.2 Å². The molecule has 0 radical (unpaired) electrons. The summed E-state index contributed by atoms with van der Waals surface area (Å²) in [5.74, 6) is 0.677. The van der Waals surface area contributed by atoms with E-state index >= 15 is 0 Å². The van der Waals surface area contributed by atoms with E-state index in [1.54, 1.807) is 0 Å². The molecule has 0 heterocycles. The lowest BCUT2D eigenvalue weighted by atomic mass is 9.80. The molecule has 0 aliphatic heterocycles. The lowest BCUT2D eigenvalue weighted by Crippen LogP contribution is -2.46. The third-order valence-electron chi connectivity index (χ3n) is 5.37. The summed E-state index contributed by atoms with van der Waals surface area (Å²) in [6.07, 6.45) is 3.68. The van der Waals surface area contributed by atoms with Gasteiger partial charge in [0.25, 0.3) is 0 Å². The summed E-state index contributed by atoms with van der Waals surface area (Å²) in [5.41, 5.74) is 3.63. The van der Waals surface area contributed by atoms with Gasteiger partial charge in [-0.15, -0.1) is 0 Å². The first-order valence-corrected chi connectivity index (χ1v) is 11.1. The molecule has 0 amide bonds. The Balaban J connectivity index is 2.86. The molecule has 138 valence electrons. The van der Waals surface area contributed by atoms with Gasteiger partial charge < -0.3 is 0 Å². The molecule has 0 aliphatic rings. The van der Waals surface area contributed by atoms with Gasteiger partial charge in [0.15, 0.2) is 0 Å². The number of alkyl halides is 1. The predicted octanol–water partition coefficient (Wildman–Crippen LogP) is 7.04. The van der Waals surface area contributed by atoms with Crippen LogP contribution in [0.3, 0.4) is 0 Å². The zero-order chi connectivity index (χ0) is 18.4. The Morgan fingerprint density at radius 1 is 1.00 bits per heavy atom. The second kappa shape index (κ2) is 9.56. The molecule has 1 aromatic rings. The van der Waals surface area contributed by atoms with Crippen LogP contribution in [0.25, 0.3) is 0 Å². The van der Waals surface area contributed by atoms with E-state index in [0.717, 1.165) is 13.1 Å². The van der Waals surface area contributed by atoms with E-state index < -0.39 is 0 Å². The minimum absolute atomic E-state index is 0.298. The highest BCUT2D eigenvalue weighted by atomic mass is 127. The molecule has 0 aliphatic carbocycles. The largest absolute Gasteiger partial charge is 0.293 e. The Kier molecular flexibility index (Phi) is 8.75. The summed E-state index contributed by atoms with van der Waals surface area (Å²) < 4.78 is 1.18. The molecule has 0 fully saturated rings. The van der Waals surface area contributed by atoms with E-state index in [1.165, 1.54) is 34.8 Å². The first-order valence-electron chi connectivity index (χ1n) is 9.59. The van der Waals surface area contributed by atoms with Gasteiger partial charge in [-0.2, -0.15) is 0 Å². The van der Waals surface area contributed by atoms with Crippen molar-refractivity contribution in [2.24, 2.45) is 5.41 Å². The minimum atomic E-state index is 0.298. The molecule has 0 saturated heterocycles. The van der Waals surface area contributed by atoms with Crippen molar-refractivity contribution >= 4 is 22.6 Å². The second-order valence-electron chi connectivity index (χ2n) is 8.61. The summed E-state index contributed by atoms with van der Waals surface area (Å²) in [4.78, 5) is 2.63. The van der Waals surface area contributed by atoms with Crippen LogP contribution in [-0.4, -0.2) is 21.4 Å². The van der Waals surface area contributed by atoms with Gasteiger partial charge >= 0.3 is 0 Å². The van der Waals surface area contributed by atoms with Crippen molar-refractivity contribution < 1.29 is 0 Å². The number of hydrogen-bond acceptors (Lipinski definition) is 1. The quantitative estimate of drug-likeness (QED) is 0.292. The van der Waals surface area contributed by atoms with Crippen LogP contribution < -0.4 is 0 Å². The lowest BCUT2D eigenvalue weighted by molar-refractivity contribution is 0.121. The lowest BCUT2D eigenvalue weighted by Gasteiger charge is -2.39. The van der Waals surface area contributed by atoms with Crippen LogP contribution in [0.15, 0.2) is 24.3 Å². The van der Waals surface area contributed by atoms with Crippen LogP contribution in [0.4, 0.5) is 0 Å². The van der Waals surface area contributed by atoms with E-state index in [4.69, 9.17) is 0 Å². The van der Waals surface area contributed by atoms with Gasteiger partial charge in [0.1, 0.15) is 0 Å². The van der Waals surface area contributed by atoms with Gasteiger partial charge in [0.05, 0.1) is 0 Å². The van der Waals surface area contributed by atoms with Crippen LogP contribution in [0.1, 0.15) is 84.8 Å². The molecular weight excluding hydrogens is 405 g/mol. The molecule has 1 nitrogen and oxygen atoms in total. The molecular formula is C22H38IN. The summed E-state index contributed by atoms with van der Waals surface area (Å²) in [6.45, 7) is 18.5. The number of rotatable bonds is 9. The fourth-order valence-electron chi connectivity index (χ4n) is 3.44. The first-order chi connectivity index (χ1) is 11.2. The minimum Gasteiger partial charge on any atom is -0.293 e. The second-order valence-corrected chi connectivity index (χ2v) is 9.37. The number of halogens is 1. The van der Waals surface area contributed by atoms with Crippen LogP contribution >= 0.6 is 22.6 Å². The summed E-state index contributed by atoms with van der Waals surface area (Å²) >= 11 is 2.54. The van der Waals surface area contributed by atoms with E-state index in [-0.39, 0.29) is 0 Å². The van der Waals surface area contributed by atoms with Crippen LogP contribution in [0.2, 0.25) is 0 Å². The van der Waals surface area contributed by atoms with Crippen molar-refractivity contribution in [3.05, 3.63) is 35.4 Å². The highest BCUT2D eigenvalue weighted by Gasteiger charge is 2.27. The first kappa shape index (κ1) is 22.0. The number of benzene rings is 1. The molecule has 0 saturated carbocycles. The maximum absolute atomic E-state index is 2.63. The van der Waals surface area contributed by atoms with Crippen molar-refractivity contribution in [2.45, 2.75) is 85.7 Å². The van der Waals surface area contributed by atoms with Crippen LogP contribution in [-0.2, 0) is 6.54 Å². The monoisotopic (exact) mass is 443 g/mol. The molecule has 1 aromatic carbocycles. The highest BCUT2D eigenvalue weighted by Crippen LogP contribution is 2.33. The maximum atomic E-state index is 2.63. The molecule has 0 aromatic heterocycles. The molecule has 0 bridgehead atoms. The smallest absolute Gasteiger partial charge is 0.0271 e. The molecule has 2 unspecified atom stereocenters. The fourth-order valence-corrected chi connectivity index (χ4v) is 4.46. The standard InChI is InChI=1S/C22H38IN/c1-8-19(15-21(4,5)6)20-13-11-18(12-14-20)16-24(10-3)22(7,9-2)17-23/h11-14,19H,8-10,15-17H2,1-7H3. The molecule has 0 N–H and O–H groups in total. The summed E-state index contributed by atoms with van der Waals surface area (Å²) in [7, 11) is 0. The molecule has 2 heteroatoms. The van der Waals surface area contributed by atoms with Crippen molar-refractivity contribution in [1.29, 1.82) is 0 Å². The normalized spacial score (nSPS) is 16.2. The number of nitrogens with zero attached hydrogens (tertiary/aromatic N) is 1. The topological polar surface area (TPSA) is 3.24 Å². The zero-order valence-electron chi connectivity index (χ0n) is 17.0. The Morgan fingerprint density at radius 3 is 1.96 bits per heavy atom. The van der Waals surface area contributed by atoms with Crippen molar-refractivity contribution in [2.75, 3.05) is 11.0 Å². The predicted molar refractivity (Wildman–Crippen MR) is 117 cm³/mol. The van der Waals surface area contributed by atoms with Gasteiger partial charge in [-0.25, -0.2) is 0 Å². The average molecular weight is 443 g/mol. The van der Waals surface area contributed by atoms with Gasteiger partial charge in [-0.3, -0.25) is 4.90 Å². The van der Waals surface area contributed by atoms with E-state index in [9.17, 15) is 0 Å². The van der Waals surface area contributed by atoms with Gasteiger partial charge in [0, 0.05) is 16.5 Å². The number of hydrogen-bond donors (Lipinski definition) is 0. The highest BCUT2D eigenvalue weighted by molar-refractivity contribution is 14.1. The van der Waals surface area contributed by atoms with Crippen LogP contribution in [0.5, 0.6) is 0 Å². The molecule has 2 atom stereocenters. The average Bonchev–Trinajstić information content (AvgIpc) is 2.56. The van der Waals surface area contributed by atoms with E-state index in [1.807, 2.05) is 0 Å². The van der Waals surface area contributed by atoms with Crippen molar-refractivity contribution in [1.82, 2.24) is 4.90 Å². The van der Waals surface area contributed by atoms with Crippen molar-refractivity contribution in [3.8, 4) is 0 Å².